The van der Waals surface area contributed by atoms with Gasteiger partial charge >= 0.3 is 0 Å². The molecule has 1 aliphatic rings. The van der Waals surface area contributed by atoms with Crippen LogP contribution < -0.4 is 16.2 Å². The van der Waals surface area contributed by atoms with Gasteiger partial charge in [0.1, 0.15) is 0 Å². The number of imidazole rings is 1. The molecule has 7 nitrogen and oxygen atoms in total. The highest BCUT2D eigenvalue weighted by molar-refractivity contribution is 5.69. The number of aromatic amines is 2. The average molecular weight is 326 g/mol. The van der Waals surface area contributed by atoms with E-state index >= 15 is 0 Å². The molecule has 1 aromatic carbocycles. The molecule has 0 radical (unpaired) electrons. The lowest BCUT2D eigenvalue weighted by Crippen LogP contribution is -2.21. The number of H-pyrrole nitrogens is 2. The van der Waals surface area contributed by atoms with Crippen LogP contribution in [0, 0.1) is 0 Å². The van der Waals surface area contributed by atoms with Crippen LogP contribution in [0.4, 0.5) is 5.95 Å². The van der Waals surface area contributed by atoms with Crippen LogP contribution in [0.5, 0.6) is 0 Å². The molecular formula is C17H22N6O. The number of nitrogens with one attached hydrogen (secondary N) is 4. The second-order valence-corrected chi connectivity index (χ2v) is 5.67. The summed E-state index contributed by atoms with van der Waals surface area (Å²) >= 11 is 0. The Bertz CT molecular complexity index is 795. The average Bonchev–Trinajstić information content (AvgIpc) is 3.12. The van der Waals surface area contributed by atoms with Crippen LogP contribution >= 0.6 is 0 Å². The minimum atomic E-state index is -0.229. The van der Waals surface area contributed by atoms with E-state index in [0.717, 1.165) is 5.56 Å². The molecule has 126 valence electrons. The Morgan fingerprint density at radius 2 is 1.88 bits per heavy atom. The maximum absolute atomic E-state index is 11.7. The van der Waals surface area contributed by atoms with Gasteiger partial charge in [-0.15, -0.1) is 0 Å². The van der Waals surface area contributed by atoms with E-state index in [2.05, 4.69) is 30.6 Å². The molecule has 0 spiro atoms. The Balaban J connectivity index is 0.000000238. The van der Waals surface area contributed by atoms with E-state index in [1.807, 2.05) is 30.3 Å². The van der Waals surface area contributed by atoms with Crippen LogP contribution in [-0.2, 0) is 6.54 Å². The number of aromatic nitrogens is 4. The second-order valence-electron chi connectivity index (χ2n) is 5.67. The molecule has 1 saturated heterocycles. The summed E-state index contributed by atoms with van der Waals surface area (Å²) < 4.78 is 0. The molecule has 3 aromatic rings. The fourth-order valence-electron chi connectivity index (χ4n) is 2.51. The maximum atomic E-state index is 11.7. The van der Waals surface area contributed by atoms with Gasteiger partial charge in [0.05, 0.1) is 6.33 Å². The standard InChI is InChI=1S/C12H11N5O.C5H11N/c18-11-9-10(15-7-14-9)16-12(17-11)13-6-8-4-2-1-3-5-8;1-2-4-6-5-3-1/h1-5,7H,6H2,(H3,13,14,15,16,17,18);6H,1-5H2. The summed E-state index contributed by atoms with van der Waals surface area (Å²) in [4.78, 5) is 25.2. The van der Waals surface area contributed by atoms with Crippen molar-refractivity contribution in [2.75, 3.05) is 18.4 Å². The summed E-state index contributed by atoms with van der Waals surface area (Å²) in [6, 6.07) is 9.88. The Morgan fingerprint density at radius 3 is 2.54 bits per heavy atom. The molecule has 2 aromatic heterocycles. The van der Waals surface area contributed by atoms with E-state index in [1.165, 1.54) is 38.7 Å². The largest absolute Gasteiger partial charge is 0.352 e. The first-order valence-corrected chi connectivity index (χ1v) is 8.25. The van der Waals surface area contributed by atoms with Gasteiger partial charge in [-0.2, -0.15) is 4.98 Å². The molecular weight excluding hydrogens is 304 g/mol. The van der Waals surface area contributed by atoms with Gasteiger partial charge < -0.3 is 15.6 Å². The number of anilines is 1. The van der Waals surface area contributed by atoms with Gasteiger partial charge in [-0.1, -0.05) is 36.8 Å². The van der Waals surface area contributed by atoms with Crippen LogP contribution in [0.2, 0.25) is 0 Å². The fraction of sp³-hybridized carbons (Fsp3) is 0.353. The van der Waals surface area contributed by atoms with Crippen LogP contribution in [0.3, 0.4) is 0 Å². The fourth-order valence-corrected chi connectivity index (χ4v) is 2.51. The third kappa shape index (κ3) is 4.42. The zero-order valence-corrected chi connectivity index (χ0v) is 13.5. The summed E-state index contributed by atoms with van der Waals surface area (Å²) in [7, 11) is 0. The van der Waals surface area contributed by atoms with Gasteiger partial charge in [0, 0.05) is 6.54 Å². The summed E-state index contributed by atoms with van der Waals surface area (Å²) in [6.45, 7) is 3.10. The van der Waals surface area contributed by atoms with E-state index in [1.54, 1.807) is 0 Å². The Hall–Kier alpha value is -2.67. The van der Waals surface area contributed by atoms with Gasteiger partial charge in [0.2, 0.25) is 5.95 Å². The number of rotatable bonds is 3. The van der Waals surface area contributed by atoms with Crippen molar-refractivity contribution < 1.29 is 0 Å². The molecule has 0 saturated carbocycles. The molecule has 4 N–H and O–H groups in total. The maximum Gasteiger partial charge on any atom is 0.278 e. The second kappa shape index (κ2) is 8.26. The van der Waals surface area contributed by atoms with E-state index in [4.69, 9.17) is 0 Å². The normalized spacial score (nSPS) is 14.0. The smallest absolute Gasteiger partial charge is 0.278 e. The lowest BCUT2D eigenvalue weighted by molar-refractivity contribution is 0.520. The van der Waals surface area contributed by atoms with E-state index in [-0.39, 0.29) is 5.56 Å². The molecule has 0 atom stereocenters. The van der Waals surface area contributed by atoms with Gasteiger partial charge in [0.25, 0.3) is 5.56 Å². The number of hydrogen-bond acceptors (Lipinski definition) is 5. The highest BCUT2D eigenvalue weighted by Crippen LogP contribution is 2.05. The molecule has 24 heavy (non-hydrogen) atoms. The van der Waals surface area contributed by atoms with Crippen molar-refractivity contribution in [3.63, 3.8) is 0 Å². The molecule has 4 rings (SSSR count). The minimum Gasteiger partial charge on any atom is -0.352 e. The SMILES string of the molecule is C1CCNCC1.O=c1[nH]c(NCc2ccccc2)nc2nc[nH]c12. The summed E-state index contributed by atoms with van der Waals surface area (Å²) in [5.41, 5.74) is 1.69. The van der Waals surface area contributed by atoms with Crippen molar-refractivity contribution in [2.24, 2.45) is 0 Å². The number of piperidine rings is 1. The lowest BCUT2D eigenvalue weighted by atomic mass is 10.2. The number of nitrogens with zero attached hydrogens (tertiary/aromatic N) is 2. The van der Waals surface area contributed by atoms with Crippen molar-refractivity contribution in [2.45, 2.75) is 25.8 Å². The minimum absolute atomic E-state index is 0.229. The van der Waals surface area contributed by atoms with Gasteiger partial charge in [-0.3, -0.25) is 9.78 Å². The van der Waals surface area contributed by atoms with Crippen molar-refractivity contribution in [1.82, 2.24) is 25.3 Å². The predicted molar refractivity (Wildman–Crippen MR) is 95.0 cm³/mol. The molecule has 0 bridgehead atoms. The molecule has 1 fully saturated rings. The molecule has 0 aliphatic carbocycles. The monoisotopic (exact) mass is 326 g/mol. The topological polar surface area (TPSA) is 98.5 Å². The summed E-state index contributed by atoms with van der Waals surface area (Å²) in [6.07, 6.45) is 5.67. The zero-order chi connectivity index (χ0) is 16.6. The van der Waals surface area contributed by atoms with E-state index in [0.29, 0.717) is 23.7 Å². The third-order valence-corrected chi connectivity index (χ3v) is 3.81. The van der Waals surface area contributed by atoms with Gasteiger partial charge in [-0.25, -0.2) is 4.98 Å². The molecule has 7 heteroatoms. The van der Waals surface area contributed by atoms with Crippen molar-refractivity contribution in [3.8, 4) is 0 Å². The van der Waals surface area contributed by atoms with Crippen LogP contribution in [0.25, 0.3) is 11.2 Å². The van der Waals surface area contributed by atoms with Gasteiger partial charge in [-0.05, 0) is 31.5 Å². The quantitative estimate of drug-likeness (QED) is 0.590. The summed E-state index contributed by atoms with van der Waals surface area (Å²) in [5.74, 6) is 0.420. The summed E-state index contributed by atoms with van der Waals surface area (Å²) in [5, 5.41) is 6.35. The predicted octanol–water partition coefficient (Wildman–Crippen LogP) is 2.02. The highest BCUT2D eigenvalue weighted by atomic mass is 16.1. The first-order valence-electron chi connectivity index (χ1n) is 8.25. The Labute approximate surface area is 139 Å². The number of hydrogen-bond donors (Lipinski definition) is 4. The third-order valence-electron chi connectivity index (χ3n) is 3.81. The van der Waals surface area contributed by atoms with Crippen molar-refractivity contribution in [1.29, 1.82) is 0 Å². The Morgan fingerprint density at radius 1 is 1.08 bits per heavy atom. The van der Waals surface area contributed by atoms with Crippen LogP contribution in [0.15, 0.2) is 41.5 Å². The van der Waals surface area contributed by atoms with E-state index < -0.39 is 0 Å². The lowest BCUT2D eigenvalue weighted by Gasteiger charge is -2.08. The Kier molecular flexibility index (Phi) is 5.57. The molecule has 3 heterocycles. The van der Waals surface area contributed by atoms with Crippen molar-refractivity contribution in [3.05, 3.63) is 52.6 Å². The van der Waals surface area contributed by atoms with E-state index in [9.17, 15) is 4.79 Å². The van der Waals surface area contributed by atoms with Crippen LogP contribution in [-0.4, -0.2) is 33.0 Å². The molecule has 0 amide bonds. The molecule has 1 aliphatic heterocycles. The first kappa shape index (κ1) is 16.2. The highest BCUT2D eigenvalue weighted by Gasteiger charge is 2.05. The zero-order valence-electron chi connectivity index (χ0n) is 13.5. The first-order chi connectivity index (χ1) is 11.8. The van der Waals surface area contributed by atoms with Gasteiger partial charge in [0.15, 0.2) is 11.2 Å². The van der Waals surface area contributed by atoms with Crippen molar-refractivity contribution >= 4 is 17.1 Å². The number of benzene rings is 1. The van der Waals surface area contributed by atoms with Crippen LogP contribution in [0.1, 0.15) is 24.8 Å². The molecule has 0 unspecified atom stereocenters. The number of fused-ring (bicyclic) bond motifs is 1.